The van der Waals surface area contributed by atoms with Gasteiger partial charge in [-0.1, -0.05) is 34.1 Å². The van der Waals surface area contributed by atoms with Gasteiger partial charge in [0.25, 0.3) is 5.91 Å². The van der Waals surface area contributed by atoms with E-state index in [1.807, 2.05) is 0 Å². The summed E-state index contributed by atoms with van der Waals surface area (Å²) in [5.41, 5.74) is 3.63. The highest BCUT2D eigenvalue weighted by Gasteiger charge is 2.74. The third-order valence-corrected chi connectivity index (χ3v) is 7.18. The van der Waals surface area contributed by atoms with Crippen molar-refractivity contribution in [2.45, 2.75) is 89.4 Å². The number of piperidine rings is 1. The van der Waals surface area contributed by atoms with Crippen molar-refractivity contribution in [2.75, 3.05) is 6.54 Å². The fourth-order valence-electron chi connectivity index (χ4n) is 4.36. The summed E-state index contributed by atoms with van der Waals surface area (Å²) in [5, 5.41) is 5.19. The molecule has 4 N–H and O–H groups in total. The number of likely N-dealkylation sites (tertiary alicyclic amines) is 1. The highest BCUT2D eigenvalue weighted by atomic mass is 35.5. The molecule has 2 rings (SSSR count). The van der Waals surface area contributed by atoms with Crippen molar-refractivity contribution in [3.05, 3.63) is 0 Å². The fourth-order valence-corrected chi connectivity index (χ4v) is 5.19. The van der Waals surface area contributed by atoms with Crippen molar-refractivity contribution >= 4 is 52.8 Å². The van der Waals surface area contributed by atoms with Gasteiger partial charge in [-0.3, -0.25) is 19.2 Å². The van der Waals surface area contributed by atoms with Gasteiger partial charge in [0.05, 0.1) is 6.04 Å². The molecule has 5 atom stereocenters. The van der Waals surface area contributed by atoms with Gasteiger partial charge in [-0.05, 0) is 32.6 Å². The predicted molar refractivity (Wildman–Crippen MR) is 131 cm³/mol. The zero-order valence-electron chi connectivity index (χ0n) is 21.2. The van der Waals surface area contributed by atoms with Crippen LogP contribution in [0.15, 0.2) is 0 Å². The Kier molecular flexibility index (Phi) is 8.44. The Bertz CT molecular complexity index is 895. The minimum Gasteiger partial charge on any atom is -0.444 e. The first-order valence-corrected chi connectivity index (χ1v) is 12.4. The molecule has 2 unspecified atom stereocenters. The molecule has 12 heteroatoms. The Morgan fingerprint density at radius 3 is 2.11 bits per heavy atom. The van der Waals surface area contributed by atoms with Crippen molar-refractivity contribution in [1.29, 1.82) is 0 Å². The SMILES string of the molecule is CCCC(NC(=O)[C@@H]1[C@@H]2[C@H](CN1C(=O)C(NC(=O)OC(C)(C)C)C(C)(C)C)C2(Cl)Cl)C(=O)C(N)=O. The van der Waals surface area contributed by atoms with E-state index >= 15 is 0 Å². The van der Waals surface area contributed by atoms with Gasteiger partial charge in [-0.2, -0.15) is 0 Å². The van der Waals surface area contributed by atoms with Crippen molar-refractivity contribution < 1.29 is 28.7 Å². The number of alkyl carbamates (subject to hydrolysis) is 1. The summed E-state index contributed by atoms with van der Waals surface area (Å²) in [5.74, 6) is -4.18. The van der Waals surface area contributed by atoms with Gasteiger partial charge in [0, 0.05) is 18.4 Å². The molecule has 4 amide bonds. The second-order valence-electron chi connectivity index (χ2n) is 11.3. The van der Waals surface area contributed by atoms with Gasteiger partial charge in [-0.15, -0.1) is 23.2 Å². The second-order valence-corrected chi connectivity index (χ2v) is 12.7. The normalized spacial score (nSPS) is 24.6. The molecule has 1 aliphatic carbocycles. The molecule has 35 heavy (non-hydrogen) atoms. The van der Waals surface area contributed by atoms with Crippen LogP contribution in [0.3, 0.4) is 0 Å². The molecule has 0 aromatic heterocycles. The molecule has 1 saturated heterocycles. The van der Waals surface area contributed by atoms with Crippen LogP contribution in [-0.2, 0) is 23.9 Å². The lowest BCUT2D eigenvalue weighted by Gasteiger charge is -2.37. The number of alkyl halides is 2. The Labute approximate surface area is 215 Å². The first-order chi connectivity index (χ1) is 15.8. The summed E-state index contributed by atoms with van der Waals surface area (Å²) in [4.78, 5) is 64.5. The van der Waals surface area contributed by atoms with E-state index in [9.17, 15) is 24.0 Å². The number of hydrogen-bond donors (Lipinski definition) is 3. The number of Topliss-reactive ketones (excluding diaryl/α,β-unsaturated/α-hetero) is 1. The standard InChI is InChI=1S/C23H36Cl2N4O6/c1-8-9-12(15(30)17(26)31)27-18(32)14-13-11(23(13,24)25)10-29(14)19(33)16(21(2,3)4)28-20(34)35-22(5,6)7/h11-14,16H,8-10H2,1-7H3,(H2,26,31)(H,27,32)(H,28,34)/t11-,12?,13-,14-,16?/m0/s1. The largest absolute Gasteiger partial charge is 0.444 e. The number of nitrogens with two attached hydrogens (primary N) is 1. The van der Waals surface area contributed by atoms with Gasteiger partial charge in [-0.25, -0.2) is 4.79 Å². The highest BCUT2D eigenvalue weighted by molar-refractivity contribution is 6.51. The molecule has 2 aliphatic rings. The van der Waals surface area contributed by atoms with Gasteiger partial charge in [0.2, 0.25) is 17.6 Å². The Balaban J connectivity index is 2.31. The summed E-state index contributed by atoms with van der Waals surface area (Å²) < 4.78 is 4.11. The van der Waals surface area contributed by atoms with Gasteiger partial charge >= 0.3 is 6.09 Å². The van der Waals surface area contributed by atoms with Crippen LogP contribution in [0, 0.1) is 17.3 Å². The van der Waals surface area contributed by atoms with E-state index in [-0.39, 0.29) is 18.9 Å². The molecular formula is C23H36Cl2N4O6. The Morgan fingerprint density at radius 2 is 1.66 bits per heavy atom. The third-order valence-electron chi connectivity index (χ3n) is 6.11. The van der Waals surface area contributed by atoms with Crippen LogP contribution in [0.25, 0.3) is 0 Å². The molecule has 2 fully saturated rings. The number of hydrogen-bond acceptors (Lipinski definition) is 6. The topological polar surface area (TPSA) is 148 Å². The quantitative estimate of drug-likeness (QED) is 0.320. The van der Waals surface area contributed by atoms with Gasteiger partial charge < -0.3 is 26.0 Å². The van der Waals surface area contributed by atoms with E-state index in [2.05, 4.69) is 10.6 Å². The number of ether oxygens (including phenoxy) is 1. The molecule has 0 aromatic carbocycles. The monoisotopic (exact) mass is 534 g/mol. The first kappa shape index (κ1) is 29.2. The summed E-state index contributed by atoms with van der Waals surface area (Å²) >= 11 is 12.7. The lowest BCUT2D eigenvalue weighted by molar-refractivity contribution is -0.144. The van der Waals surface area contributed by atoms with Crippen LogP contribution >= 0.6 is 23.2 Å². The van der Waals surface area contributed by atoms with Crippen molar-refractivity contribution in [1.82, 2.24) is 15.5 Å². The predicted octanol–water partition coefficient (Wildman–Crippen LogP) is 1.90. The van der Waals surface area contributed by atoms with E-state index in [1.165, 1.54) is 4.90 Å². The van der Waals surface area contributed by atoms with E-state index in [1.54, 1.807) is 48.5 Å². The maximum absolute atomic E-state index is 13.7. The maximum atomic E-state index is 13.7. The minimum absolute atomic E-state index is 0.0966. The number of nitrogens with zero attached hydrogens (tertiary/aromatic N) is 1. The Morgan fingerprint density at radius 1 is 1.09 bits per heavy atom. The molecule has 0 aromatic rings. The number of ketones is 1. The lowest BCUT2D eigenvalue weighted by atomic mass is 9.85. The summed E-state index contributed by atoms with van der Waals surface area (Å²) in [6.07, 6.45) is -0.0697. The van der Waals surface area contributed by atoms with Crippen LogP contribution < -0.4 is 16.4 Å². The molecule has 1 heterocycles. The molecule has 0 bridgehead atoms. The molecule has 0 spiro atoms. The van der Waals surface area contributed by atoms with Crippen molar-refractivity contribution in [2.24, 2.45) is 23.0 Å². The molecule has 198 valence electrons. The molecule has 0 radical (unpaired) electrons. The maximum Gasteiger partial charge on any atom is 0.408 e. The van der Waals surface area contributed by atoms with Crippen LogP contribution in [0.5, 0.6) is 0 Å². The number of amides is 4. The number of fused-ring (bicyclic) bond motifs is 1. The van der Waals surface area contributed by atoms with Crippen LogP contribution in [-0.4, -0.2) is 69.1 Å². The lowest BCUT2D eigenvalue weighted by Crippen LogP contribution is -2.60. The average molecular weight is 535 g/mol. The zero-order valence-corrected chi connectivity index (χ0v) is 22.7. The van der Waals surface area contributed by atoms with Crippen LogP contribution in [0.4, 0.5) is 4.79 Å². The van der Waals surface area contributed by atoms with Crippen LogP contribution in [0.2, 0.25) is 0 Å². The third kappa shape index (κ3) is 6.58. The zero-order chi connectivity index (χ0) is 27.1. The molecule has 1 saturated carbocycles. The number of carbonyl (C=O) groups excluding carboxylic acids is 5. The number of primary amides is 1. The minimum atomic E-state index is -1.21. The second kappa shape index (κ2) is 10.1. The van der Waals surface area contributed by atoms with Gasteiger partial charge in [0.15, 0.2) is 0 Å². The van der Waals surface area contributed by atoms with Crippen molar-refractivity contribution in [3.63, 3.8) is 0 Å². The molecule has 10 nitrogen and oxygen atoms in total. The first-order valence-electron chi connectivity index (χ1n) is 11.6. The van der Waals surface area contributed by atoms with E-state index in [0.29, 0.717) is 6.42 Å². The fraction of sp³-hybridized carbons (Fsp3) is 0.783. The van der Waals surface area contributed by atoms with Crippen molar-refractivity contribution in [3.8, 4) is 0 Å². The number of halogens is 2. The summed E-state index contributed by atoms with van der Waals surface area (Å²) in [6, 6.07) is -3.24. The smallest absolute Gasteiger partial charge is 0.408 e. The molecular weight excluding hydrogens is 499 g/mol. The number of carbonyl (C=O) groups is 5. The Hall–Kier alpha value is -2.07. The van der Waals surface area contributed by atoms with Gasteiger partial charge in [0.1, 0.15) is 22.0 Å². The highest BCUT2D eigenvalue weighted by Crippen LogP contribution is 2.65. The average Bonchev–Trinajstić information content (AvgIpc) is 3.03. The molecule has 1 aliphatic heterocycles. The summed E-state index contributed by atoms with van der Waals surface area (Å²) in [6.45, 7) is 12.3. The number of nitrogens with one attached hydrogen (secondary N) is 2. The summed E-state index contributed by atoms with van der Waals surface area (Å²) in [7, 11) is 0. The number of rotatable bonds is 8. The van der Waals surface area contributed by atoms with E-state index in [4.69, 9.17) is 33.7 Å². The van der Waals surface area contributed by atoms with Crippen LogP contribution in [0.1, 0.15) is 61.3 Å². The van der Waals surface area contributed by atoms with E-state index < -0.39 is 69.0 Å². The van der Waals surface area contributed by atoms with E-state index in [0.717, 1.165) is 0 Å².